The molecule has 0 saturated heterocycles. The van der Waals surface area contributed by atoms with Crippen LogP contribution in [0.25, 0.3) is 0 Å². The van der Waals surface area contributed by atoms with Gasteiger partial charge in [-0.25, -0.2) is 0 Å². The molecule has 0 heterocycles. The molecule has 0 saturated carbocycles. The van der Waals surface area contributed by atoms with Crippen LogP contribution in [0.3, 0.4) is 0 Å². The largest absolute Gasteiger partial charge is 0.481 e. The van der Waals surface area contributed by atoms with Gasteiger partial charge >= 0.3 is 5.97 Å². The lowest BCUT2D eigenvalue weighted by atomic mass is 10.0. The summed E-state index contributed by atoms with van der Waals surface area (Å²) in [6.07, 6.45) is 1.26. The highest BCUT2D eigenvalue weighted by atomic mass is 35.5. The van der Waals surface area contributed by atoms with E-state index in [1.807, 2.05) is 0 Å². The lowest BCUT2D eigenvalue weighted by molar-refractivity contribution is -0.138. The molecule has 45 heavy (non-hydrogen) atoms. The van der Waals surface area contributed by atoms with Crippen molar-refractivity contribution >= 4 is 58.9 Å². The molecule has 4 unspecified atom stereocenters. The van der Waals surface area contributed by atoms with Crippen molar-refractivity contribution in [3.05, 3.63) is 0 Å². The zero-order valence-corrected chi connectivity index (χ0v) is 26.3. The number of hydrogen-bond donors (Lipinski definition) is 10. The molecule has 0 bridgehead atoms. The fraction of sp³-hybridized carbons (Fsp3) is 0.692. The third-order valence-corrected chi connectivity index (χ3v) is 6.54. The number of halogens is 1. The first-order valence-corrected chi connectivity index (χ1v) is 15.0. The van der Waals surface area contributed by atoms with Crippen molar-refractivity contribution in [2.75, 3.05) is 25.5 Å². The van der Waals surface area contributed by atoms with E-state index in [1.165, 1.54) is 6.92 Å². The molecule has 18 nitrogen and oxygen atoms in total. The van der Waals surface area contributed by atoms with Crippen LogP contribution in [0.5, 0.6) is 0 Å². The number of nitrogens with two attached hydrogens (primary N) is 5. The second kappa shape index (κ2) is 23.2. The first-order chi connectivity index (χ1) is 21.2. The molecular weight excluding hydrogens is 614 g/mol. The molecule has 0 spiro atoms. The number of Topliss-reactive ketones (excluding diaryl/α,β-unsaturated/α-hetero) is 1. The lowest BCUT2D eigenvalue weighted by Gasteiger charge is -2.26. The van der Waals surface area contributed by atoms with E-state index in [4.69, 9.17) is 40.3 Å². The molecule has 0 aromatic carbocycles. The summed E-state index contributed by atoms with van der Waals surface area (Å²) < 4.78 is 0. The maximum Gasteiger partial charge on any atom is 0.303 e. The number of amides is 4. The molecule has 0 aliphatic rings. The number of carboxylic acid groups (broad SMARTS) is 1. The molecule has 4 atom stereocenters. The van der Waals surface area contributed by atoms with Crippen molar-refractivity contribution in [1.82, 2.24) is 21.3 Å². The zero-order chi connectivity index (χ0) is 34.4. The van der Waals surface area contributed by atoms with Crippen molar-refractivity contribution in [2.45, 2.75) is 88.9 Å². The monoisotopic (exact) mass is 661 g/mol. The average Bonchev–Trinajstić information content (AvgIpc) is 2.96. The highest BCUT2D eigenvalue weighted by molar-refractivity contribution is 6.28. The van der Waals surface area contributed by atoms with E-state index in [1.54, 1.807) is 0 Å². The summed E-state index contributed by atoms with van der Waals surface area (Å²) in [6.45, 7) is 1.89. The summed E-state index contributed by atoms with van der Waals surface area (Å²) in [5.74, 6) is -5.18. The van der Waals surface area contributed by atoms with E-state index < -0.39 is 66.0 Å². The second-order valence-corrected chi connectivity index (χ2v) is 10.4. The van der Waals surface area contributed by atoms with E-state index in [0.29, 0.717) is 25.8 Å². The standard InChI is InChI=1S/C26H48ClN11O7/c1-15(39)35-17(7-4-12-33-25(29)30)22(43)38-19(9-10-21(41)42)24(45)37-18(8-5-13-34-26(31)32)23(44)36-16(20(40)14-27)6-2-3-11-28/h16-19H,2-14,28H2,1H3,(H,35,39)(H,36,44)(H,37,45)(H,38,43)(H,41,42)(H4,29,30,33)(H4,31,32,34). The normalized spacial score (nSPS) is 13.2. The van der Waals surface area contributed by atoms with Gasteiger partial charge in [-0.3, -0.25) is 38.8 Å². The molecule has 256 valence electrons. The summed E-state index contributed by atoms with van der Waals surface area (Å²) in [5.41, 5.74) is 26.9. The summed E-state index contributed by atoms with van der Waals surface area (Å²) in [6, 6.07) is -4.65. The number of nitrogens with one attached hydrogen (secondary N) is 4. The van der Waals surface area contributed by atoms with Gasteiger partial charge in [0.15, 0.2) is 17.7 Å². The van der Waals surface area contributed by atoms with Gasteiger partial charge in [0.2, 0.25) is 23.6 Å². The van der Waals surface area contributed by atoms with Crippen LogP contribution >= 0.6 is 11.6 Å². The third kappa shape index (κ3) is 19.7. The van der Waals surface area contributed by atoms with Gasteiger partial charge in [0.05, 0.1) is 11.9 Å². The van der Waals surface area contributed by atoms with Crippen molar-refractivity contribution in [3.8, 4) is 0 Å². The Hall–Kier alpha value is -4.19. The number of carbonyl (C=O) groups is 6. The molecule has 0 aromatic rings. The van der Waals surface area contributed by atoms with Gasteiger partial charge < -0.3 is 55.0 Å². The fourth-order valence-corrected chi connectivity index (χ4v) is 4.23. The number of guanidine groups is 2. The maximum absolute atomic E-state index is 13.4. The van der Waals surface area contributed by atoms with Crippen LogP contribution in [-0.4, -0.2) is 102 Å². The van der Waals surface area contributed by atoms with Crippen molar-refractivity contribution in [2.24, 2.45) is 38.7 Å². The lowest BCUT2D eigenvalue weighted by Crippen LogP contribution is -2.57. The van der Waals surface area contributed by atoms with E-state index in [-0.39, 0.29) is 63.0 Å². The number of aliphatic imine (C=N–C) groups is 2. The molecule has 0 aromatic heterocycles. The van der Waals surface area contributed by atoms with Gasteiger partial charge in [0.25, 0.3) is 0 Å². The second-order valence-electron chi connectivity index (χ2n) is 10.2. The minimum atomic E-state index is -1.40. The topological polar surface area (TPSA) is 326 Å². The van der Waals surface area contributed by atoms with Crippen LogP contribution in [0.4, 0.5) is 0 Å². The molecular formula is C26H48ClN11O7. The number of hydrogen-bond acceptors (Lipinski definition) is 9. The van der Waals surface area contributed by atoms with Gasteiger partial charge in [0.1, 0.15) is 18.1 Å². The predicted octanol–water partition coefficient (Wildman–Crippen LogP) is -3.15. The third-order valence-electron chi connectivity index (χ3n) is 6.28. The number of carbonyl (C=O) groups excluding carboxylic acids is 5. The van der Waals surface area contributed by atoms with Crippen LogP contribution in [0.2, 0.25) is 0 Å². The zero-order valence-electron chi connectivity index (χ0n) is 25.6. The van der Waals surface area contributed by atoms with E-state index in [2.05, 4.69) is 31.3 Å². The highest BCUT2D eigenvalue weighted by Gasteiger charge is 2.31. The Morgan fingerprint density at radius 1 is 0.667 bits per heavy atom. The Labute approximate surface area is 267 Å². The Balaban J connectivity index is 5.99. The van der Waals surface area contributed by atoms with Crippen LogP contribution < -0.4 is 49.9 Å². The summed E-state index contributed by atoms with van der Waals surface area (Å²) in [7, 11) is 0. The predicted molar refractivity (Wildman–Crippen MR) is 169 cm³/mol. The molecule has 19 heteroatoms. The van der Waals surface area contributed by atoms with E-state index in [0.717, 1.165) is 0 Å². The molecule has 4 amide bonds. The maximum atomic E-state index is 13.4. The Kier molecular flexibility index (Phi) is 21.1. The summed E-state index contributed by atoms with van der Waals surface area (Å²) in [4.78, 5) is 83.0. The minimum absolute atomic E-state index is 0.0256. The van der Waals surface area contributed by atoms with Crippen LogP contribution in [0.15, 0.2) is 9.98 Å². The molecule has 0 aliphatic carbocycles. The van der Waals surface area contributed by atoms with Crippen LogP contribution in [0, 0.1) is 0 Å². The Morgan fingerprint density at radius 2 is 1.09 bits per heavy atom. The highest BCUT2D eigenvalue weighted by Crippen LogP contribution is 2.08. The first kappa shape index (κ1) is 40.8. The van der Waals surface area contributed by atoms with Crippen molar-refractivity contribution in [3.63, 3.8) is 0 Å². The number of rotatable bonds is 24. The minimum Gasteiger partial charge on any atom is -0.481 e. The van der Waals surface area contributed by atoms with Gasteiger partial charge in [-0.15, -0.1) is 11.6 Å². The Morgan fingerprint density at radius 3 is 1.49 bits per heavy atom. The molecule has 15 N–H and O–H groups in total. The van der Waals surface area contributed by atoms with Crippen LogP contribution in [0.1, 0.15) is 64.7 Å². The number of ketones is 1. The number of carboxylic acids is 1. The number of alkyl halides is 1. The van der Waals surface area contributed by atoms with Gasteiger partial charge in [0, 0.05) is 26.4 Å². The Bertz CT molecular complexity index is 1050. The molecule has 0 rings (SSSR count). The van der Waals surface area contributed by atoms with Gasteiger partial charge in [-0.1, -0.05) is 0 Å². The molecule has 0 aliphatic heterocycles. The average molecular weight is 662 g/mol. The molecule has 0 fully saturated rings. The van der Waals surface area contributed by atoms with E-state index >= 15 is 0 Å². The smallest absolute Gasteiger partial charge is 0.303 e. The van der Waals surface area contributed by atoms with E-state index in [9.17, 15) is 33.9 Å². The quantitative estimate of drug-likeness (QED) is 0.0212. The summed E-state index contributed by atoms with van der Waals surface area (Å²) >= 11 is 5.73. The van der Waals surface area contributed by atoms with Crippen molar-refractivity contribution in [1.29, 1.82) is 0 Å². The molecule has 0 radical (unpaired) electrons. The van der Waals surface area contributed by atoms with Crippen LogP contribution in [-0.2, 0) is 28.8 Å². The fourth-order valence-electron chi connectivity index (χ4n) is 4.04. The van der Waals surface area contributed by atoms with Crippen molar-refractivity contribution < 1.29 is 33.9 Å². The summed E-state index contributed by atoms with van der Waals surface area (Å²) in [5, 5.41) is 19.3. The first-order valence-electron chi connectivity index (χ1n) is 14.5. The number of unbranched alkanes of at least 4 members (excludes halogenated alkanes) is 1. The van der Waals surface area contributed by atoms with Gasteiger partial charge in [-0.2, -0.15) is 0 Å². The number of nitrogens with zero attached hydrogens (tertiary/aromatic N) is 2. The number of aliphatic carboxylic acids is 1. The van der Waals surface area contributed by atoms with Gasteiger partial charge in [-0.05, 0) is 57.9 Å². The SMILES string of the molecule is CC(=O)NC(CCCN=C(N)N)C(=O)NC(CCC(=O)O)C(=O)NC(CCCN=C(N)N)C(=O)NC(CCCCN)C(=O)CCl.